The van der Waals surface area contributed by atoms with Crippen LogP contribution in [0.1, 0.15) is 45.7 Å². The lowest BCUT2D eigenvalue weighted by Crippen LogP contribution is -2.41. The third kappa shape index (κ3) is 4.76. The van der Waals surface area contributed by atoms with E-state index in [1.165, 1.54) is 13.0 Å². The van der Waals surface area contributed by atoms with Gasteiger partial charge in [0.1, 0.15) is 5.82 Å². The number of halogens is 1. The maximum atomic E-state index is 14.1. The zero-order valence-corrected chi connectivity index (χ0v) is 16.6. The van der Waals surface area contributed by atoms with Gasteiger partial charge in [-0.25, -0.2) is 4.39 Å². The molecule has 0 aromatic heterocycles. The van der Waals surface area contributed by atoms with E-state index in [2.05, 4.69) is 0 Å². The van der Waals surface area contributed by atoms with E-state index in [0.717, 1.165) is 17.2 Å². The van der Waals surface area contributed by atoms with Crippen LogP contribution in [0.4, 0.5) is 4.39 Å². The lowest BCUT2D eigenvalue weighted by atomic mass is 9.78. The van der Waals surface area contributed by atoms with Crippen LogP contribution in [0.5, 0.6) is 0 Å². The molecule has 1 heterocycles. The zero-order valence-electron chi connectivity index (χ0n) is 15.8. The van der Waals surface area contributed by atoms with E-state index in [0.29, 0.717) is 16.9 Å². The summed E-state index contributed by atoms with van der Waals surface area (Å²) >= 11 is 1.16. The first kappa shape index (κ1) is 20.7. The molecule has 0 saturated carbocycles. The highest BCUT2D eigenvalue weighted by molar-refractivity contribution is 8.13. The Morgan fingerprint density at radius 3 is 2.42 bits per heavy atom. The molecule has 0 N–H and O–H groups in total. The van der Waals surface area contributed by atoms with Gasteiger partial charge >= 0.3 is 7.12 Å². The van der Waals surface area contributed by atoms with Crippen LogP contribution in [0.2, 0.25) is 0 Å². The van der Waals surface area contributed by atoms with Crippen LogP contribution >= 0.6 is 11.8 Å². The number of nitrogens with zero attached hydrogens (tertiary/aromatic N) is 1. The van der Waals surface area contributed by atoms with Crippen LogP contribution in [-0.2, 0) is 20.5 Å². The number of nitriles is 1. The van der Waals surface area contributed by atoms with Crippen molar-refractivity contribution in [2.45, 2.75) is 52.2 Å². The van der Waals surface area contributed by atoms with Gasteiger partial charge < -0.3 is 9.31 Å². The van der Waals surface area contributed by atoms with Crippen molar-refractivity contribution in [3.8, 4) is 6.07 Å². The second-order valence-electron chi connectivity index (χ2n) is 7.27. The Hall–Kier alpha value is -1.62. The topological polar surface area (TPSA) is 59.3 Å². The molecule has 2 rings (SSSR count). The van der Waals surface area contributed by atoms with Crippen molar-refractivity contribution >= 4 is 30.1 Å². The predicted molar refractivity (Wildman–Crippen MR) is 103 cm³/mol. The molecule has 0 spiro atoms. The lowest BCUT2D eigenvalue weighted by molar-refractivity contribution is -0.109. The standard InChI is InChI=1S/C19H23BFNO3S/c1-13(23)26-12-16(20-24-18(2,3)19(4,5)25-20)10-14-6-7-15(8-9-22)17(21)11-14/h6-7,10-11H,8,12H2,1-5H3. The van der Waals surface area contributed by atoms with E-state index in [1.54, 1.807) is 18.2 Å². The summed E-state index contributed by atoms with van der Waals surface area (Å²) in [5, 5.41) is 8.72. The molecule has 1 aliphatic heterocycles. The fraction of sp³-hybridized carbons (Fsp3) is 0.474. The molecular formula is C19H23BFNO3S. The van der Waals surface area contributed by atoms with E-state index in [4.69, 9.17) is 14.6 Å². The third-order valence-electron chi connectivity index (χ3n) is 4.70. The van der Waals surface area contributed by atoms with E-state index >= 15 is 0 Å². The summed E-state index contributed by atoms with van der Waals surface area (Å²) in [6.07, 6.45) is 1.82. The van der Waals surface area contributed by atoms with Gasteiger partial charge in [0.2, 0.25) is 0 Å². The number of carbonyl (C=O) groups excluding carboxylic acids is 1. The Morgan fingerprint density at radius 1 is 1.31 bits per heavy atom. The van der Waals surface area contributed by atoms with Gasteiger partial charge in [0.05, 0.1) is 23.7 Å². The molecule has 0 aliphatic carbocycles. The van der Waals surface area contributed by atoms with Gasteiger partial charge in [0.25, 0.3) is 0 Å². The Balaban J connectivity index is 2.33. The first-order valence-electron chi connectivity index (χ1n) is 8.40. The van der Waals surface area contributed by atoms with Crippen LogP contribution < -0.4 is 0 Å². The van der Waals surface area contributed by atoms with Crippen molar-refractivity contribution in [1.82, 2.24) is 0 Å². The summed E-state index contributed by atoms with van der Waals surface area (Å²) in [4.78, 5) is 11.4. The average molecular weight is 375 g/mol. The maximum Gasteiger partial charge on any atom is 0.491 e. The molecular weight excluding hydrogens is 352 g/mol. The highest BCUT2D eigenvalue weighted by atomic mass is 32.2. The minimum absolute atomic E-state index is 0.0111. The Labute approximate surface area is 158 Å². The second kappa shape index (κ2) is 7.95. The molecule has 1 fully saturated rings. The Bertz CT molecular complexity index is 755. The first-order chi connectivity index (χ1) is 12.1. The normalized spacial score (nSPS) is 18.7. The average Bonchev–Trinajstić information content (AvgIpc) is 2.74. The molecule has 0 radical (unpaired) electrons. The van der Waals surface area contributed by atoms with E-state index < -0.39 is 24.1 Å². The molecule has 26 heavy (non-hydrogen) atoms. The quantitative estimate of drug-likeness (QED) is 0.723. The van der Waals surface area contributed by atoms with Gasteiger partial charge in [0.15, 0.2) is 5.12 Å². The SMILES string of the molecule is CC(=O)SCC(=Cc1ccc(CC#N)c(F)c1)B1OC(C)(C)C(C)(C)O1. The van der Waals surface area contributed by atoms with Crippen molar-refractivity contribution in [3.05, 3.63) is 40.6 Å². The predicted octanol–water partition coefficient (Wildman–Crippen LogP) is 4.19. The van der Waals surface area contributed by atoms with Crippen LogP contribution in [0.25, 0.3) is 6.08 Å². The van der Waals surface area contributed by atoms with Gasteiger partial charge in [-0.1, -0.05) is 30.0 Å². The Kier molecular flexibility index (Phi) is 6.33. The summed E-state index contributed by atoms with van der Waals surface area (Å²) < 4.78 is 26.3. The van der Waals surface area contributed by atoms with E-state index in [9.17, 15) is 9.18 Å². The van der Waals surface area contributed by atoms with Crippen molar-refractivity contribution in [2.24, 2.45) is 0 Å². The smallest absolute Gasteiger partial charge is 0.400 e. The van der Waals surface area contributed by atoms with E-state index in [-0.39, 0.29) is 11.5 Å². The van der Waals surface area contributed by atoms with Gasteiger partial charge in [-0.15, -0.1) is 0 Å². The number of thioether (sulfide) groups is 1. The molecule has 1 saturated heterocycles. The van der Waals surface area contributed by atoms with Gasteiger partial charge in [-0.3, -0.25) is 4.79 Å². The summed E-state index contributed by atoms with van der Waals surface area (Å²) in [7, 11) is -0.603. The van der Waals surface area contributed by atoms with Crippen molar-refractivity contribution < 1.29 is 18.5 Å². The minimum atomic E-state index is -0.603. The molecule has 1 aromatic carbocycles. The number of rotatable bonds is 5. The summed E-state index contributed by atoms with van der Waals surface area (Å²) in [6.45, 7) is 9.33. The number of hydrogen-bond acceptors (Lipinski definition) is 5. The van der Waals surface area contributed by atoms with Crippen molar-refractivity contribution in [2.75, 3.05) is 5.75 Å². The first-order valence-corrected chi connectivity index (χ1v) is 9.39. The summed E-state index contributed by atoms with van der Waals surface area (Å²) in [6, 6.07) is 6.68. The fourth-order valence-corrected chi connectivity index (χ4v) is 3.04. The van der Waals surface area contributed by atoms with Crippen LogP contribution in [0, 0.1) is 17.1 Å². The molecule has 0 bridgehead atoms. The monoisotopic (exact) mass is 375 g/mol. The van der Waals surface area contributed by atoms with Gasteiger partial charge in [-0.05, 0) is 44.8 Å². The van der Waals surface area contributed by atoms with Gasteiger partial charge in [0, 0.05) is 18.2 Å². The Morgan fingerprint density at radius 2 is 1.92 bits per heavy atom. The molecule has 0 amide bonds. The summed E-state index contributed by atoms with van der Waals surface area (Å²) in [5.41, 5.74) is 0.758. The molecule has 7 heteroatoms. The highest BCUT2D eigenvalue weighted by Crippen LogP contribution is 2.39. The molecule has 0 unspecified atom stereocenters. The molecule has 0 atom stereocenters. The highest BCUT2D eigenvalue weighted by Gasteiger charge is 2.52. The number of hydrogen-bond donors (Lipinski definition) is 0. The summed E-state index contributed by atoms with van der Waals surface area (Å²) in [5.74, 6) is -0.0268. The molecule has 1 aliphatic rings. The molecule has 1 aromatic rings. The molecule has 4 nitrogen and oxygen atoms in total. The largest absolute Gasteiger partial charge is 0.491 e. The van der Waals surface area contributed by atoms with Crippen molar-refractivity contribution in [3.63, 3.8) is 0 Å². The van der Waals surface area contributed by atoms with Crippen LogP contribution in [-0.4, -0.2) is 29.2 Å². The number of carbonyl (C=O) groups is 1. The second-order valence-corrected chi connectivity index (χ2v) is 8.43. The van der Waals surface area contributed by atoms with E-state index in [1.807, 2.05) is 33.8 Å². The number of benzene rings is 1. The lowest BCUT2D eigenvalue weighted by Gasteiger charge is -2.32. The van der Waals surface area contributed by atoms with Crippen LogP contribution in [0.3, 0.4) is 0 Å². The van der Waals surface area contributed by atoms with Crippen LogP contribution in [0.15, 0.2) is 23.7 Å². The molecule has 138 valence electrons. The van der Waals surface area contributed by atoms with Gasteiger partial charge in [-0.2, -0.15) is 5.26 Å². The fourth-order valence-electron chi connectivity index (χ4n) is 2.45. The van der Waals surface area contributed by atoms with Crippen molar-refractivity contribution in [1.29, 1.82) is 5.26 Å². The third-order valence-corrected chi connectivity index (χ3v) is 5.58. The minimum Gasteiger partial charge on any atom is -0.400 e. The maximum absolute atomic E-state index is 14.1. The zero-order chi connectivity index (χ0) is 19.5.